The fourth-order valence-corrected chi connectivity index (χ4v) is 8.77. The third-order valence-corrected chi connectivity index (χ3v) is 11.3. The van der Waals surface area contributed by atoms with Gasteiger partial charge in [0.15, 0.2) is 0 Å². The van der Waals surface area contributed by atoms with E-state index in [9.17, 15) is 14.7 Å². The molecular weight excluding hydrogens is 620 g/mol. The van der Waals surface area contributed by atoms with Crippen molar-refractivity contribution in [3.63, 3.8) is 0 Å². The number of carbonyl (C=O) groups is 1. The second kappa shape index (κ2) is 12.1. The highest BCUT2D eigenvalue weighted by atomic mass is 16.5. The fourth-order valence-electron chi connectivity index (χ4n) is 8.77. The number of nitrogens with one attached hydrogen (secondary N) is 1. The van der Waals surface area contributed by atoms with Crippen molar-refractivity contribution in [1.29, 1.82) is 0 Å². The van der Waals surface area contributed by atoms with Crippen LogP contribution < -0.4 is 20.7 Å². The lowest BCUT2D eigenvalue weighted by Gasteiger charge is -2.47. The van der Waals surface area contributed by atoms with Crippen LogP contribution in [0.5, 0.6) is 0 Å². The molecule has 12 heteroatoms. The zero-order chi connectivity index (χ0) is 33.2. The van der Waals surface area contributed by atoms with E-state index in [0.717, 1.165) is 63.2 Å². The first kappa shape index (κ1) is 30.5. The number of aliphatic hydroxyl groups is 1. The summed E-state index contributed by atoms with van der Waals surface area (Å²) in [7, 11) is 1.71. The summed E-state index contributed by atoms with van der Waals surface area (Å²) in [6.07, 6.45) is 12.0. The minimum atomic E-state index is -0.306. The number of piperazine rings is 1. The van der Waals surface area contributed by atoms with Gasteiger partial charge in [0.25, 0.3) is 11.5 Å². The zero-order valence-corrected chi connectivity index (χ0v) is 27.8. The van der Waals surface area contributed by atoms with Crippen LogP contribution in [0.25, 0.3) is 11.1 Å². The Morgan fingerprint density at radius 1 is 0.980 bits per heavy atom. The van der Waals surface area contributed by atoms with Crippen LogP contribution in [0.1, 0.15) is 53.0 Å². The standard InChI is InChI=1S/C37H42N8O4/c1-41-17-24(29-10-11-38-35(30(29)20-46)44-13-12-43-32-5-3-2-4-23(32)15-33(43)37(44)48)14-31(36(41)47)40-34-9-8-25(16-39-34)45-26-6-7-27(45)19-42(18-26)28-21-49-22-28/h8-11,14-17,26-28,46H,2-7,12-13,18-22H2,1H3,(H,39,40)/t26-,27+. The molecule has 3 saturated heterocycles. The van der Waals surface area contributed by atoms with Gasteiger partial charge in [-0.05, 0) is 80.0 Å². The molecule has 9 rings (SSSR count). The molecule has 0 spiro atoms. The number of aromatic nitrogens is 4. The highest BCUT2D eigenvalue weighted by Gasteiger charge is 2.43. The molecule has 0 aromatic carbocycles. The molecule has 4 aromatic heterocycles. The number of hydrogen-bond donors (Lipinski definition) is 2. The van der Waals surface area contributed by atoms with E-state index in [-0.39, 0.29) is 18.1 Å². The van der Waals surface area contributed by atoms with Crippen LogP contribution in [-0.4, -0.2) is 86.0 Å². The Balaban J connectivity index is 0.972. The number of hydrogen-bond acceptors (Lipinski definition) is 9. The molecule has 0 radical (unpaired) electrons. The third kappa shape index (κ3) is 5.15. The fraction of sp³-hybridized carbons (Fsp3) is 0.459. The average Bonchev–Trinajstić information content (AvgIpc) is 3.60. The number of amides is 1. The summed E-state index contributed by atoms with van der Waals surface area (Å²) in [5.41, 5.74) is 6.54. The Bertz CT molecular complexity index is 1970. The van der Waals surface area contributed by atoms with Crippen molar-refractivity contribution in [3.8, 4) is 11.1 Å². The first-order chi connectivity index (χ1) is 24.0. The Kier molecular flexibility index (Phi) is 7.55. The van der Waals surface area contributed by atoms with Crippen molar-refractivity contribution in [1.82, 2.24) is 24.0 Å². The molecule has 5 aliphatic rings. The number of ether oxygens (including phenoxy) is 1. The van der Waals surface area contributed by atoms with E-state index in [1.165, 1.54) is 28.7 Å². The van der Waals surface area contributed by atoms with Gasteiger partial charge >= 0.3 is 0 Å². The molecule has 49 heavy (non-hydrogen) atoms. The highest BCUT2D eigenvalue weighted by molar-refractivity contribution is 6.06. The molecule has 2 bridgehead atoms. The number of rotatable bonds is 7. The molecule has 4 aromatic rings. The van der Waals surface area contributed by atoms with Crippen molar-refractivity contribution >= 4 is 28.9 Å². The van der Waals surface area contributed by atoms with Gasteiger partial charge in [0.05, 0.1) is 37.7 Å². The molecule has 2 N–H and O–H groups in total. The van der Waals surface area contributed by atoms with E-state index >= 15 is 0 Å². The quantitative estimate of drug-likeness (QED) is 0.307. The maximum atomic E-state index is 13.8. The summed E-state index contributed by atoms with van der Waals surface area (Å²) in [5.74, 6) is 0.935. The maximum Gasteiger partial charge on any atom is 0.276 e. The van der Waals surface area contributed by atoms with Crippen LogP contribution in [0, 0.1) is 0 Å². The summed E-state index contributed by atoms with van der Waals surface area (Å²) in [5, 5.41) is 13.9. The average molecular weight is 663 g/mol. The third-order valence-electron chi connectivity index (χ3n) is 11.3. The number of nitrogens with zero attached hydrogens (tertiary/aromatic N) is 7. The molecule has 3 fully saturated rings. The molecular formula is C37H42N8O4. The maximum absolute atomic E-state index is 13.8. The van der Waals surface area contributed by atoms with E-state index in [1.54, 1.807) is 30.4 Å². The summed E-state index contributed by atoms with van der Waals surface area (Å²) in [4.78, 5) is 43.3. The second-order valence-electron chi connectivity index (χ2n) is 14.2. The van der Waals surface area contributed by atoms with Crippen molar-refractivity contribution in [2.75, 3.05) is 48.0 Å². The number of carbonyl (C=O) groups excluding carboxylic acids is 1. The van der Waals surface area contributed by atoms with Crippen molar-refractivity contribution < 1.29 is 14.6 Å². The van der Waals surface area contributed by atoms with Crippen LogP contribution in [0.15, 0.2) is 53.7 Å². The van der Waals surface area contributed by atoms with E-state index in [1.807, 2.05) is 24.4 Å². The van der Waals surface area contributed by atoms with Gasteiger partial charge in [0.1, 0.15) is 23.0 Å². The predicted octanol–water partition coefficient (Wildman–Crippen LogP) is 3.47. The number of anilines is 4. The van der Waals surface area contributed by atoms with Gasteiger partial charge in [0, 0.05) is 74.5 Å². The van der Waals surface area contributed by atoms with Crippen molar-refractivity contribution in [2.24, 2.45) is 7.05 Å². The zero-order valence-electron chi connectivity index (χ0n) is 27.8. The van der Waals surface area contributed by atoms with Crippen molar-refractivity contribution in [2.45, 2.75) is 69.8 Å². The second-order valence-corrected chi connectivity index (χ2v) is 14.2. The molecule has 8 heterocycles. The Morgan fingerprint density at radius 2 is 1.80 bits per heavy atom. The molecule has 254 valence electrons. The Hall–Kier alpha value is -4.52. The first-order valence-corrected chi connectivity index (χ1v) is 17.6. The SMILES string of the molecule is Cn1cc(-c2ccnc(N3CCn4c(cc5c4CCCC5)C3=O)c2CO)cc(Nc2ccc(N3[C@@H]4CC[C@H]3CN(C3COC3)C4)cn2)c1=O. The summed E-state index contributed by atoms with van der Waals surface area (Å²) >= 11 is 0. The summed E-state index contributed by atoms with van der Waals surface area (Å²) in [6.45, 7) is 4.67. The lowest BCUT2D eigenvalue weighted by molar-refractivity contribution is -0.0704. The smallest absolute Gasteiger partial charge is 0.276 e. The summed E-state index contributed by atoms with van der Waals surface area (Å²) < 4.78 is 9.15. The van der Waals surface area contributed by atoms with Gasteiger partial charge in [-0.15, -0.1) is 0 Å². The van der Waals surface area contributed by atoms with Crippen LogP contribution >= 0.6 is 0 Å². The minimum Gasteiger partial charge on any atom is -0.392 e. The van der Waals surface area contributed by atoms with E-state index in [4.69, 9.17) is 9.72 Å². The molecule has 4 aliphatic heterocycles. The molecule has 12 nitrogen and oxygen atoms in total. The number of fused-ring (bicyclic) bond motifs is 5. The van der Waals surface area contributed by atoms with Gasteiger partial charge in [-0.2, -0.15) is 0 Å². The minimum absolute atomic E-state index is 0.0970. The van der Waals surface area contributed by atoms with Gasteiger partial charge in [-0.25, -0.2) is 9.97 Å². The highest BCUT2D eigenvalue weighted by Crippen LogP contribution is 2.37. The Labute approximate surface area is 284 Å². The topological polar surface area (TPSA) is 121 Å². The lowest BCUT2D eigenvalue weighted by Crippen LogP contribution is -2.60. The van der Waals surface area contributed by atoms with Crippen LogP contribution in [-0.2, 0) is 37.8 Å². The van der Waals surface area contributed by atoms with Gasteiger partial charge in [-0.1, -0.05) is 0 Å². The van der Waals surface area contributed by atoms with Gasteiger partial charge in [-0.3, -0.25) is 19.4 Å². The normalized spacial score (nSPS) is 22.2. The summed E-state index contributed by atoms with van der Waals surface area (Å²) in [6, 6.07) is 11.2. The number of aryl methyl sites for hydroxylation is 2. The number of aliphatic hydroxyl groups excluding tert-OH is 1. The van der Waals surface area contributed by atoms with Crippen LogP contribution in [0.3, 0.4) is 0 Å². The van der Waals surface area contributed by atoms with Crippen molar-refractivity contribution in [3.05, 3.63) is 81.8 Å². The van der Waals surface area contributed by atoms with Crippen LogP contribution in [0.2, 0.25) is 0 Å². The van der Waals surface area contributed by atoms with Crippen LogP contribution in [0.4, 0.5) is 23.0 Å². The van der Waals surface area contributed by atoms with E-state index in [0.29, 0.717) is 65.4 Å². The molecule has 0 saturated carbocycles. The molecule has 0 unspecified atom stereocenters. The van der Waals surface area contributed by atoms with Gasteiger partial charge < -0.3 is 29.2 Å². The van der Waals surface area contributed by atoms with E-state index < -0.39 is 0 Å². The molecule has 2 atom stereocenters. The van der Waals surface area contributed by atoms with E-state index in [2.05, 4.69) is 30.7 Å². The predicted molar refractivity (Wildman–Crippen MR) is 187 cm³/mol. The molecule has 1 aliphatic carbocycles. The monoisotopic (exact) mass is 662 g/mol. The molecule has 1 amide bonds. The number of likely N-dealkylation sites (tertiary alicyclic amines) is 1. The first-order valence-electron chi connectivity index (χ1n) is 17.6. The van der Waals surface area contributed by atoms with Gasteiger partial charge in [0.2, 0.25) is 0 Å². The Morgan fingerprint density at radius 3 is 2.53 bits per heavy atom. The lowest BCUT2D eigenvalue weighted by atomic mass is 9.98. The largest absolute Gasteiger partial charge is 0.392 e. The number of pyridine rings is 3.